The number of amides is 2. The molecule has 2 rings (SSSR count). The Morgan fingerprint density at radius 1 is 1.29 bits per heavy atom. The molecule has 1 fully saturated rings. The monoisotopic (exact) mass is 336 g/mol. The first-order valence-corrected chi connectivity index (χ1v) is 8.15. The fraction of sp³-hybridized carbons (Fsp3) is 0.625. The highest BCUT2D eigenvalue weighted by Crippen LogP contribution is 2.17. The van der Waals surface area contributed by atoms with Crippen LogP contribution in [0.2, 0.25) is 0 Å². The number of carboxylic acids is 1. The molecule has 8 nitrogen and oxygen atoms in total. The van der Waals surface area contributed by atoms with E-state index in [2.05, 4.69) is 15.7 Å². The van der Waals surface area contributed by atoms with Crippen molar-refractivity contribution in [2.45, 2.75) is 64.1 Å². The maximum Gasteiger partial charge on any atom is 0.328 e. The number of aliphatic carboxylic acids is 1. The Bertz CT molecular complexity index is 617. The lowest BCUT2D eigenvalue weighted by atomic mass is 9.95. The van der Waals surface area contributed by atoms with E-state index in [1.54, 1.807) is 0 Å². The molecule has 1 aromatic heterocycles. The SMILES string of the molecule is CC(C)(NC(=O)c1cnn(CC(=O)NC2CCCCC2)c1)C(=O)O. The van der Waals surface area contributed by atoms with Gasteiger partial charge in [-0.25, -0.2) is 4.79 Å². The van der Waals surface area contributed by atoms with Crippen molar-refractivity contribution < 1.29 is 19.5 Å². The smallest absolute Gasteiger partial charge is 0.328 e. The Kier molecular flexibility index (Phi) is 5.58. The van der Waals surface area contributed by atoms with Gasteiger partial charge in [-0.2, -0.15) is 5.10 Å². The molecule has 2 amide bonds. The topological polar surface area (TPSA) is 113 Å². The van der Waals surface area contributed by atoms with Crippen LogP contribution in [0.15, 0.2) is 12.4 Å². The number of nitrogens with one attached hydrogen (secondary N) is 2. The maximum absolute atomic E-state index is 12.1. The van der Waals surface area contributed by atoms with Crippen molar-refractivity contribution in [3.63, 3.8) is 0 Å². The van der Waals surface area contributed by atoms with Gasteiger partial charge in [0.25, 0.3) is 5.91 Å². The van der Waals surface area contributed by atoms with Crippen LogP contribution in [0.5, 0.6) is 0 Å². The molecule has 0 aliphatic heterocycles. The number of aromatic nitrogens is 2. The van der Waals surface area contributed by atoms with Gasteiger partial charge in [-0.15, -0.1) is 0 Å². The lowest BCUT2D eigenvalue weighted by Gasteiger charge is -2.22. The molecule has 1 aliphatic carbocycles. The first-order valence-electron chi connectivity index (χ1n) is 8.15. The molecule has 8 heteroatoms. The van der Waals surface area contributed by atoms with Crippen LogP contribution < -0.4 is 10.6 Å². The van der Waals surface area contributed by atoms with Crippen molar-refractivity contribution in [3.8, 4) is 0 Å². The summed E-state index contributed by atoms with van der Waals surface area (Å²) in [6, 6.07) is 0.223. The molecule has 0 saturated heterocycles. The fourth-order valence-electron chi connectivity index (χ4n) is 2.64. The van der Waals surface area contributed by atoms with Crippen LogP contribution in [-0.2, 0) is 16.1 Å². The molecule has 1 heterocycles. The summed E-state index contributed by atoms with van der Waals surface area (Å²) < 4.78 is 1.38. The summed E-state index contributed by atoms with van der Waals surface area (Å²) in [6.07, 6.45) is 8.25. The molecule has 1 saturated carbocycles. The second-order valence-electron chi connectivity index (χ2n) is 6.71. The van der Waals surface area contributed by atoms with Gasteiger partial charge in [-0.05, 0) is 26.7 Å². The summed E-state index contributed by atoms with van der Waals surface area (Å²) in [5, 5.41) is 18.4. The minimum atomic E-state index is -1.38. The third-order valence-corrected chi connectivity index (χ3v) is 4.13. The van der Waals surface area contributed by atoms with E-state index < -0.39 is 17.4 Å². The van der Waals surface area contributed by atoms with Crippen molar-refractivity contribution in [2.24, 2.45) is 0 Å². The molecule has 3 N–H and O–H groups in total. The second kappa shape index (κ2) is 7.46. The van der Waals surface area contributed by atoms with Gasteiger partial charge in [0, 0.05) is 12.2 Å². The van der Waals surface area contributed by atoms with Crippen molar-refractivity contribution in [1.82, 2.24) is 20.4 Å². The van der Waals surface area contributed by atoms with E-state index in [0.29, 0.717) is 0 Å². The Morgan fingerprint density at radius 3 is 2.58 bits per heavy atom. The summed E-state index contributed by atoms with van der Waals surface area (Å²) in [6.45, 7) is 2.83. The predicted octanol–water partition coefficient (Wildman–Crippen LogP) is 0.925. The maximum atomic E-state index is 12.1. The number of hydrogen-bond acceptors (Lipinski definition) is 4. The zero-order chi connectivity index (χ0) is 17.7. The summed E-state index contributed by atoms with van der Waals surface area (Å²) in [5.41, 5.74) is -1.16. The molecule has 24 heavy (non-hydrogen) atoms. The highest BCUT2D eigenvalue weighted by Gasteiger charge is 2.29. The highest BCUT2D eigenvalue weighted by atomic mass is 16.4. The van der Waals surface area contributed by atoms with Gasteiger partial charge in [-0.1, -0.05) is 19.3 Å². The van der Waals surface area contributed by atoms with Gasteiger partial charge in [0.1, 0.15) is 12.1 Å². The molecular formula is C16H24N4O4. The first kappa shape index (κ1) is 18.0. The van der Waals surface area contributed by atoms with E-state index in [-0.39, 0.29) is 24.1 Å². The van der Waals surface area contributed by atoms with E-state index >= 15 is 0 Å². The average Bonchev–Trinajstić information content (AvgIpc) is 2.96. The minimum absolute atomic E-state index is 0.0338. The molecule has 0 unspecified atom stereocenters. The lowest BCUT2D eigenvalue weighted by molar-refractivity contribution is -0.143. The molecule has 1 aromatic rings. The van der Waals surface area contributed by atoms with E-state index in [9.17, 15) is 14.4 Å². The van der Waals surface area contributed by atoms with Crippen LogP contribution in [-0.4, -0.2) is 44.3 Å². The van der Waals surface area contributed by atoms with Crippen LogP contribution in [0.25, 0.3) is 0 Å². The van der Waals surface area contributed by atoms with E-state index in [1.807, 2.05) is 0 Å². The Labute approximate surface area is 140 Å². The van der Waals surface area contributed by atoms with Gasteiger partial charge >= 0.3 is 5.97 Å². The van der Waals surface area contributed by atoms with Crippen LogP contribution in [0.4, 0.5) is 0 Å². The number of carbonyl (C=O) groups excluding carboxylic acids is 2. The quantitative estimate of drug-likeness (QED) is 0.715. The molecule has 0 atom stereocenters. The summed E-state index contributed by atoms with van der Waals surface area (Å²) in [5.74, 6) is -1.81. The molecule has 0 aromatic carbocycles. The van der Waals surface area contributed by atoms with Crippen LogP contribution in [0, 0.1) is 0 Å². The largest absolute Gasteiger partial charge is 0.480 e. The number of carbonyl (C=O) groups is 3. The molecule has 0 spiro atoms. The van der Waals surface area contributed by atoms with Gasteiger partial charge < -0.3 is 15.7 Å². The number of hydrogen-bond donors (Lipinski definition) is 3. The Morgan fingerprint density at radius 2 is 1.96 bits per heavy atom. The molecule has 0 bridgehead atoms. The van der Waals surface area contributed by atoms with Gasteiger partial charge in [0.15, 0.2) is 0 Å². The van der Waals surface area contributed by atoms with Crippen LogP contribution >= 0.6 is 0 Å². The molecule has 0 radical (unpaired) electrons. The standard InChI is InChI=1S/C16H24N4O4/c1-16(2,15(23)24)19-14(22)11-8-17-20(9-11)10-13(21)18-12-6-4-3-5-7-12/h8-9,12H,3-7,10H2,1-2H3,(H,18,21)(H,19,22)(H,23,24). The van der Waals surface area contributed by atoms with Gasteiger partial charge in [0.2, 0.25) is 5.91 Å². The first-order chi connectivity index (χ1) is 11.3. The fourth-order valence-corrected chi connectivity index (χ4v) is 2.64. The molecular weight excluding hydrogens is 312 g/mol. The normalized spacial score (nSPS) is 15.8. The zero-order valence-electron chi connectivity index (χ0n) is 14.0. The van der Waals surface area contributed by atoms with Crippen molar-refractivity contribution in [1.29, 1.82) is 0 Å². The molecule has 1 aliphatic rings. The van der Waals surface area contributed by atoms with Crippen molar-refractivity contribution in [2.75, 3.05) is 0 Å². The van der Waals surface area contributed by atoms with Crippen LogP contribution in [0.1, 0.15) is 56.3 Å². The zero-order valence-corrected chi connectivity index (χ0v) is 14.0. The van der Waals surface area contributed by atoms with Gasteiger partial charge in [0.05, 0.1) is 11.8 Å². The third kappa shape index (κ3) is 4.81. The predicted molar refractivity (Wildman–Crippen MR) is 86.4 cm³/mol. The summed E-state index contributed by atoms with van der Waals surface area (Å²) >= 11 is 0. The number of carboxylic acid groups (broad SMARTS) is 1. The lowest BCUT2D eigenvalue weighted by Crippen LogP contribution is -2.49. The average molecular weight is 336 g/mol. The van der Waals surface area contributed by atoms with E-state index in [1.165, 1.54) is 37.3 Å². The number of rotatable bonds is 6. The van der Waals surface area contributed by atoms with Crippen LogP contribution in [0.3, 0.4) is 0 Å². The Hall–Kier alpha value is -2.38. The van der Waals surface area contributed by atoms with Crippen molar-refractivity contribution >= 4 is 17.8 Å². The van der Waals surface area contributed by atoms with Crippen molar-refractivity contribution in [3.05, 3.63) is 18.0 Å². The second-order valence-corrected chi connectivity index (χ2v) is 6.71. The highest BCUT2D eigenvalue weighted by molar-refractivity contribution is 5.97. The van der Waals surface area contributed by atoms with E-state index in [0.717, 1.165) is 25.7 Å². The third-order valence-electron chi connectivity index (χ3n) is 4.13. The molecule has 132 valence electrons. The minimum Gasteiger partial charge on any atom is -0.480 e. The summed E-state index contributed by atoms with van der Waals surface area (Å²) in [7, 11) is 0. The number of nitrogens with zero attached hydrogens (tertiary/aromatic N) is 2. The summed E-state index contributed by atoms with van der Waals surface area (Å²) in [4.78, 5) is 35.1. The van der Waals surface area contributed by atoms with Gasteiger partial charge in [-0.3, -0.25) is 14.3 Å². The Balaban J connectivity index is 1.89. The van der Waals surface area contributed by atoms with E-state index in [4.69, 9.17) is 5.11 Å².